The number of aliphatic hydroxyl groups excluding tert-OH is 4. The number of carbonyl (C=O) groups is 1. The largest absolute Gasteiger partial charge is 0.394 e. The number of nitrogens with one attached hydrogen (secondary N) is 1. The van der Waals surface area contributed by atoms with E-state index in [1.807, 2.05) is 0 Å². The highest BCUT2D eigenvalue weighted by molar-refractivity contribution is 5.80. The van der Waals surface area contributed by atoms with Gasteiger partial charge in [-0.05, 0) is 64.2 Å². The first kappa shape index (κ1) is 44.5. The Morgan fingerprint density at radius 2 is 1.00 bits per heavy atom. The van der Waals surface area contributed by atoms with Crippen LogP contribution in [0.4, 0.5) is 0 Å². The van der Waals surface area contributed by atoms with E-state index in [0.29, 0.717) is 19.3 Å². The van der Waals surface area contributed by atoms with Gasteiger partial charge in [-0.1, -0.05) is 153 Å². The van der Waals surface area contributed by atoms with Crippen LogP contribution in [0.1, 0.15) is 181 Å². The topological polar surface area (TPSA) is 110 Å². The Morgan fingerprint density at radius 3 is 1.52 bits per heavy atom. The van der Waals surface area contributed by atoms with Gasteiger partial charge < -0.3 is 25.7 Å². The van der Waals surface area contributed by atoms with Gasteiger partial charge in [-0.3, -0.25) is 4.79 Å². The molecule has 0 rings (SSSR count). The van der Waals surface area contributed by atoms with Gasteiger partial charge in [0.05, 0.1) is 18.8 Å². The molecule has 270 valence electrons. The normalized spacial score (nSPS) is 14.8. The summed E-state index contributed by atoms with van der Waals surface area (Å²) in [5, 5.41) is 43.1. The van der Waals surface area contributed by atoms with Crippen molar-refractivity contribution in [3.63, 3.8) is 0 Å². The molecular formula is C40H75NO5. The van der Waals surface area contributed by atoms with Gasteiger partial charge in [-0.2, -0.15) is 0 Å². The smallest absolute Gasteiger partial charge is 0.249 e. The molecule has 0 aromatic heterocycles. The van der Waals surface area contributed by atoms with E-state index < -0.39 is 36.9 Å². The molecule has 6 heteroatoms. The van der Waals surface area contributed by atoms with E-state index in [9.17, 15) is 25.2 Å². The Bertz CT molecular complexity index is 737. The maximum Gasteiger partial charge on any atom is 0.249 e. The summed E-state index contributed by atoms with van der Waals surface area (Å²) in [5.41, 5.74) is 0. The molecule has 0 spiro atoms. The van der Waals surface area contributed by atoms with Crippen LogP contribution in [-0.2, 0) is 4.79 Å². The average molecular weight is 650 g/mol. The van der Waals surface area contributed by atoms with Crippen molar-refractivity contribution in [3.05, 3.63) is 36.5 Å². The molecule has 6 nitrogen and oxygen atoms in total. The molecule has 0 fully saturated rings. The Balaban J connectivity index is 3.69. The summed E-state index contributed by atoms with van der Waals surface area (Å²) in [6.45, 7) is 3.89. The summed E-state index contributed by atoms with van der Waals surface area (Å²) in [6.07, 6.45) is 39.3. The molecule has 46 heavy (non-hydrogen) atoms. The maximum absolute atomic E-state index is 12.4. The van der Waals surface area contributed by atoms with Crippen molar-refractivity contribution in [2.75, 3.05) is 6.61 Å². The molecule has 0 heterocycles. The highest BCUT2D eigenvalue weighted by Gasteiger charge is 2.28. The quantitative estimate of drug-likeness (QED) is 0.0352. The Morgan fingerprint density at radius 1 is 0.543 bits per heavy atom. The van der Waals surface area contributed by atoms with Crippen molar-refractivity contribution < 1.29 is 25.2 Å². The number of unbranched alkanes of at least 4 members (excludes halogenated alkanes) is 19. The second-order valence-corrected chi connectivity index (χ2v) is 13.3. The third-order valence-corrected chi connectivity index (χ3v) is 8.80. The van der Waals surface area contributed by atoms with E-state index in [1.54, 1.807) is 0 Å². The predicted molar refractivity (Wildman–Crippen MR) is 196 cm³/mol. The summed E-state index contributed by atoms with van der Waals surface area (Å²) in [7, 11) is 0. The predicted octanol–water partition coefficient (Wildman–Crippen LogP) is 9.40. The number of hydrogen-bond acceptors (Lipinski definition) is 5. The van der Waals surface area contributed by atoms with Gasteiger partial charge >= 0.3 is 0 Å². The second-order valence-electron chi connectivity index (χ2n) is 13.3. The summed E-state index contributed by atoms with van der Waals surface area (Å²) in [6, 6.07) is -1.00. The van der Waals surface area contributed by atoms with Crippen LogP contribution in [0.25, 0.3) is 0 Å². The molecule has 1 amide bonds. The molecule has 5 N–H and O–H groups in total. The zero-order valence-electron chi connectivity index (χ0n) is 30.1. The number of rotatable bonds is 34. The number of amides is 1. The van der Waals surface area contributed by atoms with Gasteiger partial charge in [0.25, 0.3) is 0 Å². The van der Waals surface area contributed by atoms with Gasteiger partial charge in [0.2, 0.25) is 5.91 Å². The van der Waals surface area contributed by atoms with Crippen LogP contribution in [0.5, 0.6) is 0 Å². The van der Waals surface area contributed by atoms with Crippen LogP contribution < -0.4 is 5.32 Å². The molecule has 0 aliphatic heterocycles. The molecule has 0 aromatic rings. The van der Waals surface area contributed by atoms with Crippen molar-refractivity contribution in [2.45, 2.75) is 205 Å². The summed E-state index contributed by atoms with van der Waals surface area (Å²) in [5.74, 6) is -0.605. The molecule has 4 atom stereocenters. The number of hydrogen-bond donors (Lipinski definition) is 5. The molecule has 0 aliphatic rings. The third-order valence-electron chi connectivity index (χ3n) is 8.80. The van der Waals surface area contributed by atoms with E-state index in [-0.39, 0.29) is 0 Å². The minimum absolute atomic E-state index is 0.355. The van der Waals surface area contributed by atoms with Gasteiger partial charge in [0, 0.05) is 0 Å². The van der Waals surface area contributed by atoms with E-state index in [1.165, 1.54) is 96.3 Å². The molecule has 0 saturated heterocycles. The molecule has 0 radical (unpaired) electrons. The molecular weight excluding hydrogens is 574 g/mol. The van der Waals surface area contributed by atoms with Crippen LogP contribution in [0.2, 0.25) is 0 Å². The first-order valence-corrected chi connectivity index (χ1v) is 19.4. The molecule has 0 aliphatic carbocycles. The van der Waals surface area contributed by atoms with E-state index in [0.717, 1.165) is 51.4 Å². The highest BCUT2D eigenvalue weighted by Crippen LogP contribution is 2.14. The van der Waals surface area contributed by atoms with Gasteiger partial charge in [0.1, 0.15) is 12.2 Å². The lowest BCUT2D eigenvalue weighted by Crippen LogP contribution is -2.53. The molecule has 4 unspecified atom stereocenters. The number of aliphatic hydroxyl groups is 4. The van der Waals surface area contributed by atoms with E-state index in [4.69, 9.17) is 0 Å². The Labute approximate surface area is 284 Å². The minimum Gasteiger partial charge on any atom is -0.394 e. The van der Waals surface area contributed by atoms with Crippen LogP contribution in [0.3, 0.4) is 0 Å². The van der Waals surface area contributed by atoms with Crippen molar-refractivity contribution >= 4 is 5.91 Å². The fraction of sp³-hybridized carbons (Fsp3) is 0.825. The van der Waals surface area contributed by atoms with Crippen LogP contribution in [0, 0.1) is 0 Å². The van der Waals surface area contributed by atoms with E-state index >= 15 is 0 Å². The fourth-order valence-electron chi connectivity index (χ4n) is 5.68. The number of allylic oxidation sites excluding steroid dienone is 6. The summed E-state index contributed by atoms with van der Waals surface area (Å²) in [4.78, 5) is 12.4. The monoisotopic (exact) mass is 650 g/mol. The lowest BCUT2D eigenvalue weighted by Gasteiger charge is -2.27. The van der Waals surface area contributed by atoms with Crippen molar-refractivity contribution in [1.29, 1.82) is 0 Å². The maximum atomic E-state index is 12.4. The van der Waals surface area contributed by atoms with E-state index in [2.05, 4.69) is 55.6 Å². The summed E-state index contributed by atoms with van der Waals surface area (Å²) >= 11 is 0. The van der Waals surface area contributed by atoms with Gasteiger partial charge in [-0.25, -0.2) is 0 Å². The lowest BCUT2D eigenvalue weighted by atomic mass is 10.00. The van der Waals surface area contributed by atoms with Gasteiger partial charge in [-0.15, -0.1) is 0 Å². The third kappa shape index (κ3) is 28.7. The molecule has 0 aromatic carbocycles. The van der Waals surface area contributed by atoms with Crippen LogP contribution in [0.15, 0.2) is 36.5 Å². The van der Waals surface area contributed by atoms with Crippen molar-refractivity contribution in [1.82, 2.24) is 5.32 Å². The Kier molecular flexibility index (Phi) is 33.7. The standard InChI is InChI=1S/C40H75NO5/c1-3-5-7-9-11-12-13-14-15-16-17-18-19-20-21-22-23-24-25-26-27-28-30-32-34-38(44)40(46)41-36(35-42)39(45)37(43)33-31-29-10-8-6-4-2/h8,10,17-18,20-21,36-39,42-45H,3-7,9,11-16,19,22-35H2,1-2H3,(H,41,46)/b10-8+,18-17-,21-20-. The zero-order chi connectivity index (χ0) is 33.9. The summed E-state index contributed by atoms with van der Waals surface area (Å²) < 4.78 is 0. The van der Waals surface area contributed by atoms with Crippen LogP contribution >= 0.6 is 0 Å². The average Bonchev–Trinajstić information content (AvgIpc) is 3.06. The van der Waals surface area contributed by atoms with Crippen molar-refractivity contribution in [3.8, 4) is 0 Å². The highest BCUT2D eigenvalue weighted by atomic mass is 16.3. The lowest BCUT2D eigenvalue weighted by molar-refractivity contribution is -0.132. The van der Waals surface area contributed by atoms with Gasteiger partial charge in [0.15, 0.2) is 0 Å². The first-order valence-electron chi connectivity index (χ1n) is 19.4. The molecule has 0 saturated carbocycles. The minimum atomic E-state index is -1.28. The fourth-order valence-corrected chi connectivity index (χ4v) is 5.68. The zero-order valence-corrected chi connectivity index (χ0v) is 30.1. The second kappa shape index (κ2) is 34.9. The van der Waals surface area contributed by atoms with Crippen molar-refractivity contribution in [2.24, 2.45) is 0 Å². The Hall–Kier alpha value is -1.47. The number of carbonyl (C=O) groups excluding carboxylic acids is 1. The first-order chi connectivity index (χ1) is 22.5. The van der Waals surface area contributed by atoms with Crippen LogP contribution in [-0.4, -0.2) is 57.3 Å². The SMILES string of the molecule is CCC/C=C/CCCC(O)C(O)C(CO)NC(=O)C(O)CCCCCCCCCC/C=C\C/C=C\CCCCCCCCCCC. The molecule has 0 bridgehead atoms.